The number of ketones is 2. The van der Waals surface area contributed by atoms with Crippen LogP contribution in [0.1, 0.15) is 37.5 Å². The molecule has 0 N–H and O–H groups in total. The zero-order chi connectivity index (χ0) is 14.6. The van der Waals surface area contributed by atoms with Crippen molar-refractivity contribution in [2.24, 2.45) is 0 Å². The van der Waals surface area contributed by atoms with Gasteiger partial charge in [-0.1, -0.05) is 18.2 Å². The number of carbonyl (C=O) groups excluding carboxylic acids is 2. The first kappa shape index (κ1) is 11.9. The van der Waals surface area contributed by atoms with Gasteiger partial charge in [-0.2, -0.15) is 0 Å². The number of rotatable bonds is 0. The molecule has 3 aromatic rings. The second-order valence-electron chi connectivity index (χ2n) is 5.06. The van der Waals surface area contributed by atoms with Crippen molar-refractivity contribution in [1.29, 1.82) is 0 Å². The number of pyridine rings is 2. The molecule has 0 saturated carbocycles. The quantitative estimate of drug-likeness (QED) is 0.494. The minimum absolute atomic E-state index is 0.155. The fourth-order valence-electron chi connectivity index (χ4n) is 2.85. The monoisotopic (exact) mass is 274 g/mol. The summed E-state index contributed by atoms with van der Waals surface area (Å²) >= 11 is 0. The number of benzene rings is 1. The van der Waals surface area contributed by atoms with E-state index in [0.29, 0.717) is 16.7 Å². The highest BCUT2D eigenvalue weighted by molar-refractivity contribution is 6.29. The third-order valence-corrected chi connectivity index (χ3v) is 3.90. The molecule has 4 heteroatoms. The summed E-state index contributed by atoms with van der Waals surface area (Å²) in [4.78, 5) is 33.6. The van der Waals surface area contributed by atoms with E-state index in [4.69, 9.17) is 0 Å². The second-order valence-corrected chi connectivity index (χ2v) is 5.06. The largest absolute Gasteiger partial charge is 0.288 e. The number of aromatic nitrogens is 2. The summed E-state index contributed by atoms with van der Waals surface area (Å²) in [5.74, 6) is -0.390. The third-order valence-electron chi connectivity index (χ3n) is 3.90. The maximum Gasteiger partial charge on any atom is 0.214 e. The molecule has 0 unspecified atom stereocenters. The van der Waals surface area contributed by atoms with E-state index in [9.17, 15) is 9.59 Å². The number of nitrogens with zero attached hydrogens (tertiary/aromatic N) is 2. The summed E-state index contributed by atoms with van der Waals surface area (Å²) < 4.78 is 0. The molecular weight excluding hydrogens is 264 g/mol. The van der Waals surface area contributed by atoms with Crippen molar-refractivity contribution in [2.75, 3.05) is 0 Å². The van der Waals surface area contributed by atoms with Crippen LogP contribution in [-0.2, 0) is 0 Å². The van der Waals surface area contributed by atoms with Gasteiger partial charge in [-0.15, -0.1) is 0 Å². The summed E-state index contributed by atoms with van der Waals surface area (Å²) in [5.41, 5.74) is 2.91. The maximum atomic E-state index is 12.7. The predicted octanol–water partition coefficient (Wildman–Crippen LogP) is 2.71. The normalized spacial score (nSPS) is 13.2. The molecule has 0 bridgehead atoms. The Kier molecular flexibility index (Phi) is 2.30. The van der Waals surface area contributed by atoms with E-state index in [1.807, 2.05) is 31.2 Å². The van der Waals surface area contributed by atoms with Gasteiger partial charge in [-0.3, -0.25) is 14.6 Å². The van der Waals surface area contributed by atoms with Crippen molar-refractivity contribution in [2.45, 2.75) is 6.92 Å². The molecule has 1 aromatic carbocycles. The van der Waals surface area contributed by atoms with E-state index in [1.54, 1.807) is 6.07 Å². The number of carbonyl (C=O) groups is 2. The van der Waals surface area contributed by atoms with Crippen molar-refractivity contribution < 1.29 is 9.59 Å². The molecule has 4 nitrogen and oxygen atoms in total. The van der Waals surface area contributed by atoms with Gasteiger partial charge in [-0.25, -0.2) is 4.98 Å². The molecule has 0 radical (unpaired) electrons. The van der Waals surface area contributed by atoms with Gasteiger partial charge in [0.25, 0.3) is 0 Å². The number of aryl methyl sites for hydroxylation is 1. The Morgan fingerprint density at radius 3 is 2.62 bits per heavy atom. The van der Waals surface area contributed by atoms with Gasteiger partial charge in [0.1, 0.15) is 5.69 Å². The number of hydrogen-bond donors (Lipinski definition) is 0. The lowest BCUT2D eigenvalue weighted by Crippen LogP contribution is -2.24. The molecule has 0 amide bonds. The minimum Gasteiger partial charge on any atom is -0.288 e. The van der Waals surface area contributed by atoms with Crippen LogP contribution in [0.25, 0.3) is 10.9 Å². The number of fused-ring (bicyclic) bond motifs is 3. The first-order chi connectivity index (χ1) is 10.2. The topological polar surface area (TPSA) is 59.9 Å². The van der Waals surface area contributed by atoms with Crippen LogP contribution in [0.5, 0.6) is 0 Å². The van der Waals surface area contributed by atoms with E-state index >= 15 is 0 Å². The van der Waals surface area contributed by atoms with E-state index < -0.39 is 0 Å². The van der Waals surface area contributed by atoms with E-state index in [-0.39, 0.29) is 17.3 Å². The highest BCUT2D eigenvalue weighted by Gasteiger charge is 2.33. The lowest BCUT2D eigenvalue weighted by Gasteiger charge is -2.19. The molecule has 0 spiro atoms. The zero-order valence-corrected chi connectivity index (χ0v) is 11.3. The number of para-hydroxylation sites is 1. The Balaban J connectivity index is 2.14. The van der Waals surface area contributed by atoms with Crippen LogP contribution < -0.4 is 0 Å². The van der Waals surface area contributed by atoms with Crippen molar-refractivity contribution in [1.82, 2.24) is 9.97 Å². The van der Waals surface area contributed by atoms with Crippen LogP contribution in [-0.4, -0.2) is 21.5 Å². The highest BCUT2D eigenvalue weighted by atomic mass is 16.1. The molecule has 1 aliphatic carbocycles. The summed E-state index contributed by atoms with van der Waals surface area (Å²) in [6.45, 7) is 1.86. The van der Waals surface area contributed by atoms with Gasteiger partial charge in [0.15, 0.2) is 5.78 Å². The van der Waals surface area contributed by atoms with Crippen LogP contribution in [0, 0.1) is 6.92 Å². The SMILES string of the molecule is Cc1c2c(nc3ccccc13)C(=O)c1cnccc1C2=O. The lowest BCUT2D eigenvalue weighted by atomic mass is 9.85. The Bertz CT molecular complexity index is 945. The van der Waals surface area contributed by atoms with Crippen molar-refractivity contribution in [3.05, 3.63) is 70.7 Å². The predicted molar refractivity (Wildman–Crippen MR) is 77.6 cm³/mol. The van der Waals surface area contributed by atoms with Gasteiger partial charge < -0.3 is 0 Å². The highest BCUT2D eigenvalue weighted by Crippen LogP contribution is 2.31. The standard InChI is InChI=1S/C17H10N2O2/c1-9-10-4-2-3-5-13(10)19-15-14(9)16(20)11-6-7-18-8-12(11)17(15)21/h2-8H,1H3. The third kappa shape index (κ3) is 1.50. The summed E-state index contributed by atoms with van der Waals surface area (Å²) in [6, 6.07) is 9.12. The molecular formula is C17H10N2O2. The average Bonchev–Trinajstić information content (AvgIpc) is 2.52. The van der Waals surface area contributed by atoms with Gasteiger partial charge in [0.05, 0.1) is 16.6 Å². The zero-order valence-electron chi connectivity index (χ0n) is 11.3. The van der Waals surface area contributed by atoms with Crippen molar-refractivity contribution >= 4 is 22.5 Å². The van der Waals surface area contributed by atoms with Crippen LogP contribution in [0.4, 0.5) is 0 Å². The van der Waals surface area contributed by atoms with Crippen LogP contribution in [0.3, 0.4) is 0 Å². The number of hydrogen-bond acceptors (Lipinski definition) is 4. The molecule has 0 saturated heterocycles. The van der Waals surface area contributed by atoms with E-state index in [2.05, 4.69) is 9.97 Å². The molecule has 0 fully saturated rings. The van der Waals surface area contributed by atoms with E-state index in [0.717, 1.165) is 16.5 Å². The van der Waals surface area contributed by atoms with Gasteiger partial charge in [0.2, 0.25) is 5.78 Å². The average molecular weight is 274 g/mol. The van der Waals surface area contributed by atoms with Gasteiger partial charge >= 0.3 is 0 Å². The minimum atomic E-state index is -0.235. The lowest BCUT2D eigenvalue weighted by molar-refractivity contribution is 0.0975. The van der Waals surface area contributed by atoms with Crippen molar-refractivity contribution in [3.63, 3.8) is 0 Å². The Labute approximate surface area is 120 Å². The molecule has 100 valence electrons. The smallest absolute Gasteiger partial charge is 0.214 e. The Hall–Kier alpha value is -2.88. The first-order valence-electron chi connectivity index (χ1n) is 6.61. The van der Waals surface area contributed by atoms with E-state index in [1.165, 1.54) is 12.4 Å². The fraction of sp³-hybridized carbons (Fsp3) is 0.0588. The molecule has 0 aliphatic heterocycles. The van der Waals surface area contributed by atoms with Crippen LogP contribution in [0.2, 0.25) is 0 Å². The Morgan fingerprint density at radius 2 is 1.76 bits per heavy atom. The van der Waals surface area contributed by atoms with Crippen molar-refractivity contribution in [3.8, 4) is 0 Å². The molecule has 1 aliphatic rings. The molecule has 2 heterocycles. The summed E-state index contributed by atoms with van der Waals surface area (Å²) in [7, 11) is 0. The molecule has 21 heavy (non-hydrogen) atoms. The van der Waals surface area contributed by atoms with Crippen LogP contribution >= 0.6 is 0 Å². The summed E-state index contributed by atoms with van der Waals surface area (Å²) in [6.07, 6.45) is 2.96. The molecule has 4 rings (SSSR count). The molecule has 2 aromatic heterocycles. The first-order valence-corrected chi connectivity index (χ1v) is 6.61. The van der Waals surface area contributed by atoms with Crippen LogP contribution in [0.15, 0.2) is 42.7 Å². The van der Waals surface area contributed by atoms with Gasteiger partial charge in [-0.05, 0) is 24.6 Å². The fourth-order valence-corrected chi connectivity index (χ4v) is 2.85. The second kappa shape index (κ2) is 4.06. The summed E-state index contributed by atoms with van der Waals surface area (Å²) in [5, 5.41) is 0.898. The maximum absolute atomic E-state index is 12.7. The van der Waals surface area contributed by atoms with Gasteiger partial charge in [0, 0.05) is 23.3 Å². The molecule has 0 atom stereocenters. The Morgan fingerprint density at radius 1 is 0.952 bits per heavy atom.